The molecule has 1 aliphatic carbocycles. The van der Waals surface area contributed by atoms with Gasteiger partial charge in [-0.1, -0.05) is 61.2 Å². The van der Waals surface area contributed by atoms with Crippen molar-refractivity contribution in [1.82, 2.24) is 10.2 Å². The zero-order valence-electron chi connectivity index (χ0n) is 19.7. The number of halogens is 2. The molecule has 1 fully saturated rings. The van der Waals surface area contributed by atoms with Crippen molar-refractivity contribution in [2.75, 3.05) is 12.9 Å². The highest BCUT2D eigenvalue weighted by atomic mass is 35.5. The highest BCUT2D eigenvalue weighted by molar-refractivity contribution is 7.99. The van der Waals surface area contributed by atoms with E-state index in [2.05, 4.69) is 5.32 Å². The number of nitrogens with one attached hydrogen (secondary N) is 1. The van der Waals surface area contributed by atoms with E-state index >= 15 is 0 Å². The molecule has 0 aliphatic heterocycles. The molecule has 0 aromatic heterocycles. The van der Waals surface area contributed by atoms with Crippen molar-refractivity contribution in [2.45, 2.75) is 63.4 Å². The average molecular weight is 524 g/mol. The molecule has 8 heteroatoms. The SMILES string of the molecule is CC[C@@H](C(=O)NC1CCCC1)N(Cc1cccc(OC)c1)C(=O)CSCc1c(Cl)cccc1Cl. The van der Waals surface area contributed by atoms with Gasteiger partial charge in [-0.2, -0.15) is 0 Å². The molecule has 0 spiro atoms. The van der Waals surface area contributed by atoms with Crippen molar-refractivity contribution < 1.29 is 14.3 Å². The fourth-order valence-electron chi connectivity index (χ4n) is 4.25. The van der Waals surface area contributed by atoms with Crippen LogP contribution < -0.4 is 10.1 Å². The molecule has 2 amide bonds. The Bertz CT molecular complexity index is 962. The van der Waals surface area contributed by atoms with Gasteiger partial charge in [-0.3, -0.25) is 9.59 Å². The van der Waals surface area contributed by atoms with Gasteiger partial charge in [-0.05, 0) is 54.7 Å². The van der Waals surface area contributed by atoms with E-state index < -0.39 is 6.04 Å². The van der Waals surface area contributed by atoms with Crippen molar-refractivity contribution in [3.8, 4) is 5.75 Å². The second kappa shape index (κ2) is 13.3. The Balaban J connectivity index is 1.74. The molecule has 184 valence electrons. The highest BCUT2D eigenvalue weighted by Gasteiger charge is 2.30. The van der Waals surface area contributed by atoms with E-state index in [-0.39, 0.29) is 23.6 Å². The second-order valence-corrected chi connectivity index (χ2v) is 10.3. The summed E-state index contributed by atoms with van der Waals surface area (Å²) in [4.78, 5) is 28.3. The van der Waals surface area contributed by atoms with Crippen LogP contribution in [0.2, 0.25) is 10.0 Å². The molecule has 1 atom stereocenters. The van der Waals surface area contributed by atoms with E-state index in [4.69, 9.17) is 27.9 Å². The molecule has 0 bridgehead atoms. The molecule has 0 unspecified atom stereocenters. The smallest absolute Gasteiger partial charge is 0.243 e. The minimum atomic E-state index is -0.538. The van der Waals surface area contributed by atoms with Gasteiger partial charge in [0.05, 0.1) is 12.9 Å². The summed E-state index contributed by atoms with van der Waals surface area (Å²) < 4.78 is 5.34. The number of nitrogens with zero attached hydrogens (tertiary/aromatic N) is 1. The third-order valence-corrected chi connectivity index (χ3v) is 7.76. The molecule has 3 rings (SSSR count). The van der Waals surface area contributed by atoms with Gasteiger partial charge >= 0.3 is 0 Å². The summed E-state index contributed by atoms with van der Waals surface area (Å²) in [5.74, 6) is 1.28. The Labute approximate surface area is 216 Å². The van der Waals surface area contributed by atoms with Crippen molar-refractivity contribution >= 4 is 46.8 Å². The van der Waals surface area contributed by atoms with Crippen molar-refractivity contribution in [3.63, 3.8) is 0 Å². The van der Waals surface area contributed by atoms with Gasteiger partial charge < -0.3 is 15.0 Å². The molecule has 1 saturated carbocycles. The first kappa shape index (κ1) is 26.7. The molecule has 2 aromatic carbocycles. The lowest BCUT2D eigenvalue weighted by molar-refractivity contribution is -0.139. The zero-order valence-corrected chi connectivity index (χ0v) is 22.0. The Morgan fingerprint density at radius 2 is 1.82 bits per heavy atom. The Morgan fingerprint density at radius 3 is 2.47 bits per heavy atom. The van der Waals surface area contributed by atoms with Crippen LogP contribution in [0, 0.1) is 0 Å². The normalized spacial score (nSPS) is 14.6. The van der Waals surface area contributed by atoms with E-state index in [0.29, 0.717) is 28.8 Å². The van der Waals surface area contributed by atoms with Gasteiger partial charge in [0.15, 0.2) is 0 Å². The monoisotopic (exact) mass is 522 g/mol. The van der Waals surface area contributed by atoms with Crippen LogP contribution in [0.4, 0.5) is 0 Å². The largest absolute Gasteiger partial charge is 0.497 e. The first-order valence-corrected chi connectivity index (χ1v) is 13.6. The number of methoxy groups -OCH3 is 1. The number of hydrogen-bond donors (Lipinski definition) is 1. The van der Waals surface area contributed by atoms with Crippen LogP contribution >= 0.6 is 35.0 Å². The van der Waals surface area contributed by atoms with Crippen LogP contribution in [0.5, 0.6) is 5.75 Å². The standard InChI is InChI=1S/C26H32Cl2N2O3S/c1-3-24(26(32)29-19-9-4-5-10-19)30(15-18-8-6-11-20(14-18)33-2)25(31)17-34-16-21-22(27)12-7-13-23(21)28/h6-8,11-14,19,24H,3-5,9-10,15-17H2,1-2H3,(H,29,32)/t24-/m0/s1. The fourth-order valence-corrected chi connectivity index (χ4v) is 5.90. The van der Waals surface area contributed by atoms with Crippen LogP contribution in [0.25, 0.3) is 0 Å². The van der Waals surface area contributed by atoms with Crippen LogP contribution in [0.3, 0.4) is 0 Å². The lowest BCUT2D eigenvalue weighted by Crippen LogP contribution is -2.51. The number of carbonyl (C=O) groups is 2. The van der Waals surface area contributed by atoms with Crippen LogP contribution in [-0.2, 0) is 21.9 Å². The summed E-state index contributed by atoms with van der Waals surface area (Å²) >= 11 is 14.0. The van der Waals surface area contributed by atoms with Crippen LogP contribution in [0.1, 0.15) is 50.2 Å². The average Bonchev–Trinajstić information content (AvgIpc) is 3.34. The van der Waals surface area contributed by atoms with Gasteiger partial charge in [-0.25, -0.2) is 0 Å². The molecule has 2 aromatic rings. The van der Waals surface area contributed by atoms with Crippen LogP contribution in [0.15, 0.2) is 42.5 Å². The van der Waals surface area contributed by atoms with Gasteiger partial charge in [0, 0.05) is 28.4 Å². The van der Waals surface area contributed by atoms with E-state index in [1.54, 1.807) is 30.2 Å². The molecule has 1 N–H and O–H groups in total. The number of benzene rings is 2. The maximum absolute atomic E-state index is 13.4. The number of thioether (sulfide) groups is 1. The predicted molar refractivity (Wildman–Crippen MR) is 141 cm³/mol. The third kappa shape index (κ3) is 7.30. The summed E-state index contributed by atoms with van der Waals surface area (Å²) in [7, 11) is 1.61. The minimum absolute atomic E-state index is 0.0789. The zero-order chi connectivity index (χ0) is 24.5. The molecular weight excluding hydrogens is 491 g/mol. The van der Waals surface area contributed by atoms with Gasteiger partial charge in [-0.15, -0.1) is 11.8 Å². The van der Waals surface area contributed by atoms with Gasteiger partial charge in [0.1, 0.15) is 11.8 Å². The molecule has 0 heterocycles. The second-order valence-electron chi connectivity index (χ2n) is 8.48. The summed E-state index contributed by atoms with van der Waals surface area (Å²) in [6.45, 7) is 2.28. The number of hydrogen-bond acceptors (Lipinski definition) is 4. The predicted octanol–water partition coefficient (Wildman–Crippen LogP) is 6.10. The number of rotatable bonds is 11. The van der Waals surface area contributed by atoms with E-state index in [0.717, 1.165) is 42.6 Å². The quantitative estimate of drug-likeness (QED) is 0.387. The molecule has 34 heavy (non-hydrogen) atoms. The van der Waals surface area contributed by atoms with Gasteiger partial charge in [0.2, 0.25) is 11.8 Å². The van der Waals surface area contributed by atoms with Crippen molar-refractivity contribution in [1.29, 1.82) is 0 Å². The maximum Gasteiger partial charge on any atom is 0.243 e. The summed E-state index contributed by atoms with van der Waals surface area (Å²) in [5.41, 5.74) is 1.73. The van der Waals surface area contributed by atoms with Gasteiger partial charge in [0.25, 0.3) is 0 Å². The van der Waals surface area contributed by atoms with Crippen LogP contribution in [-0.4, -0.2) is 41.7 Å². The van der Waals surface area contributed by atoms with E-state index in [9.17, 15) is 9.59 Å². The Morgan fingerprint density at radius 1 is 1.15 bits per heavy atom. The first-order chi connectivity index (χ1) is 16.4. The van der Waals surface area contributed by atoms with E-state index in [1.165, 1.54) is 11.8 Å². The van der Waals surface area contributed by atoms with E-state index in [1.807, 2.05) is 31.2 Å². The maximum atomic E-state index is 13.4. The van der Waals surface area contributed by atoms with Crippen molar-refractivity contribution in [2.24, 2.45) is 0 Å². The topological polar surface area (TPSA) is 58.6 Å². The fraction of sp³-hybridized carbons (Fsp3) is 0.462. The number of carbonyl (C=O) groups excluding carboxylic acids is 2. The lowest BCUT2D eigenvalue weighted by Gasteiger charge is -2.31. The minimum Gasteiger partial charge on any atom is -0.497 e. The van der Waals surface area contributed by atoms with Crippen molar-refractivity contribution in [3.05, 3.63) is 63.6 Å². The first-order valence-electron chi connectivity index (χ1n) is 11.7. The Kier molecular flexibility index (Phi) is 10.4. The summed E-state index contributed by atoms with van der Waals surface area (Å²) in [5, 5.41) is 4.34. The molecule has 5 nitrogen and oxygen atoms in total. The molecule has 0 saturated heterocycles. The number of amides is 2. The lowest BCUT2D eigenvalue weighted by atomic mass is 10.1. The third-order valence-electron chi connectivity index (χ3n) is 6.11. The molecule has 1 aliphatic rings. The Hall–Kier alpha value is -1.89. The summed E-state index contributed by atoms with van der Waals surface area (Å²) in [6, 6.07) is 12.7. The number of ether oxygens (including phenoxy) is 1. The molecular formula is C26H32Cl2N2O3S. The highest BCUT2D eigenvalue weighted by Crippen LogP contribution is 2.29. The summed E-state index contributed by atoms with van der Waals surface area (Å²) in [6.07, 6.45) is 4.81. The molecule has 0 radical (unpaired) electrons.